The highest BCUT2D eigenvalue weighted by atomic mass is 16.6. The Hall–Kier alpha value is -1.95. The van der Waals surface area contributed by atoms with E-state index in [4.69, 9.17) is 0 Å². The highest BCUT2D eigenvalue weighted by Crippen LogP contribution is 2.18. The summed E-state index contributed by atoms with van der Waals surface area (Å²) in [6.07, 6.45) is 2.14. The summed E-state index contributed by atoms with van der Waals surface area (Å²) in [5.74, 6) is 0.00966. The van der Waals surface area contributed by atoms with E-state index in [9.17, 15) is 14.9 Å². The fourth-order valence-corrected chi connectivity index (χ4v) is 1.88. The first-order valence-corrected chi connectivity index (χ1v) is 6.26. The number of hydrogen-bond donors (Lipinski definition) is 1. The Morgan fingerprint density at radius 2 is 2.26 bits per heavy atom. The lowest BCUT2D eigenvalue weighted by atomic mass is 10.2. The Kier molecular flexibility index (Phi) is 4.11. The molecule has 0 radical (unpaired) electrons. The van der Waals surface area contributed by atoms with E-state index in [1.54, 1.807) is 6.07 Å². The molecule has 1 aromatic carbocycles. The molecular formula is C13H17N3O3. The van der Waals surface area contributed by atoms with Crippen LogP contribution < -0.4 is 5.32 Å². The van der Waals surface area contributed by atoms with Crippen LogP contribution in [0, 0.1) is 10.1 Å². The van der Waals surface area contributed by atoms with Gasteiger partial charge in [0.15, 0.2) is 0 Å². The number of amides is 1. The minimum absolute atomic E-state index is 0.00966. The topological polar surface area (TPSA) is 75.5 Å². The van der Waals surface area contributed by atoms with Crippen LogP contribution in [0.25, 0.3) is 0 Å². The first kappa shape index (κ1) is 13.5. The highest BCUT2D eigenvalue weighted by molar-refractivity contribution is 5.78. The molecule has 1 N–H and O–H groups in total. The Morgan fingerprint density at radius 1 is 1.53 bits per heavy atom. The molecule has 0 spiro atoms. The van der Waals surface area contributed by atoms with Gasteiger partial charge < -0.3 is 5.32 Å². The van der Waals surface area contributed by atoms with E-state index in [1.807, 2.05) is 18.0 Å². The first-order valence-electron chi connectivity index (χ1n) is 6.26. The van der Waals surface area contributed by atoms with Crippen molar-refractivity contribution in [2.45, 2.75) is 25.4 Å². The van der Waals surface area contributed by atoms with E-state index in [2.05, 4.69) is 5.32 Å². The van der Waals surface area contributed by atoms with E-state index in [0.717, 1.165) is 18.4 Å². The maximum absolute atomic E-state index is 11.6. The van der Waals surface area contributed by atoms with Gasteiger partial charge in [0, 0.05) is 24.7 Å². The number of hydrogen-bond acceptors (Lipinski definition) is 4. The molecular weight excluding hydrogens is 246 g/mol. The molecule has 1 aliphatic rings. The van der Waals surface area contributed by atoms with Gasteiger partial charge in [0.25, 0.3) is 5.69 Å². The highest BCUT2D eigenvalue weighted by Gasteiger charge is 2.23. The van der Waals surface area contributed by atoms with Crippen molar-refractivity contribution < 1.29 is 9.72 Å². The number of nitro groups is 1. The van der Waals surface area contributed by atoms with Gasteiger partial charge >= 0.3 is 0 Å². The number of carbonyl (C=O) groups is 1. The van der Waals surface area contributed by atoms with Crippen LogP contribution in [0.4, 0.5) is 5.69 Å². The van der Waals surface area contributed by atoms with Crippen LogP contribution >= 0.6 is 0 Å². The molecule has 0 atom stereocenters. The summed E-state index contributed by atoms with van der Waals surface area (Å²) in [4.78, 5) is 23.7. The van der Waals surface area contributed by atoms with Crippen LogP contribution in [0.3, 0.4) is 0 Å². The molecule has 1 amide bonds. The van der Waals surface area contributed by atoms with Crippen molar-refractivity contribution >= 4 is 11.6 Å². The molecule has 0 unspecified atom stereocenters. The minimum Gasteiger partial charge on any atom is -0.352 e. The van der Waals surface area contributed by atoms with Crippen molar-refractivity contribution in [3.8, 4) is 0 Å². The van der Waals surface area contributed by atoms with Gasteiger partial charge in [-0.15, -0.1) is 0 Å². The van der Waals surface area contributed by atoms with Crippen molar-refractivity contribution in [3.63, 3.8) is 0 Å². The zero-order chi connectivity index (χ0) is 13.8. The molecule has 0 saturated heterocycles. The predicted molar refractivity (Wildman–Crippen MR) is 70.6 cm³/mol. The molecule has 0 bridgehead atoms. The van der Waals surface area contributed by atoms with Crippen molar-refractivity contribution in [1.82, 2.24) is 10.2 Å². The molecule has 0 heterocycles. The van der Waals surface area contributed by atoms with Crippen molar-refractivity contribution in [3.05, 3.63) is 39.9 Å². The summed E-state index contributed by atoms with van der Waals surface area (Å²) in [6, 6.07) is 6.84. The summed E-state index contributed by atoms with van der Waals surface area (Å²) in [5.41, 5.74) is 0.907. The van der Waals surface area contributed by atoms with Crippen molar-refractivity contribution in [1.29, 1.82) is 0 Å². The predicted octanol–water partition coefficient (Wildman–Crippen LogP) is 1.31. The number of likely N-dealkylation sites (N-methyl/N-ethyl adjacent to an activating group) is 1. The van der Waals surface area contributed by atoms with Crippen LogP contribution in [-0.2, 0) is 11.3 Å². The van der Waals surface area contributed by atoms with Gasteiger partial charge in [0.1, 0.15) is 0 Å². The Balaban J connectivity index is 1.86. The SMILES string of the molecule is CN(CC(=O)NC1CC1)Cc1cccc([N+](=O)[O-])c1. The van der Waals surface area contributed by atoms with Crippen molar-refractivity contribution in [2.75, 3.05) is 13.6 Å². The normalized spacial score (nSPS) is 14.4. The number of nitrogens with zero attached hydrogens (tertiary/aromatic N) is 2. The second-order valence-corrected chi connectivity index (χ2v) is 4.94. The quantitative estimate of drug-likeness (QED) is 0.620. The third kappa shape index (κ3) is 4.33. The number of nitrogens with one attached hydrogen (secondary N) is 1. The molecule has 0 aliphatic heterocycles. The number of non-ortho nitro benzene ring substituents is 1. The van der Waals surface area contributed by atoms with E-state index >= 15 is 0 Å². The summed E-state index contributed by atoms with van der Waals surface area (Å²) < 4.78 is 0. The molecule has 6 nitrogen and oxygen atoms in total. The second-order valence-electron chi connectivity index (χ2n) is 4.94. The first-order chi connectivity index (χ1) is 9.04. The number of benzene rings is 1. The Bertz CT molecular complexity index is 486. The van der Waals surface area contributed by atoms with Crippen molar-refractivity contribution in [2.24, 2.45) is 0 Å². The molecule has 102 valence electrons. The lowest BCUT2D eigenvalue weighted by molar-refractivity contribution is -0.384. The van der Waals surface area contributed by atoms with Crippen LogP contribution in [0.2, 0.25) is 0 Å². The monoisotopic (exact) mass is 263 g/mol. The standard InChI is InChI=1S/C13H17N3O3/c1-15(9-13(17)14-11-5-6-11)8-10-3-2-4-12(7-10)16(18)19/h2-4,7,11H,5-6,8-9H2,1H3,(H,14,17). The van der Waals surface area contributed by atoms with Crippen LogP contribution in [0.5, 0.6) is 0 Å². The van der Waals surface area contributed by atoms with E-state index in [0.29, 0.717) is 19.1 Å². The van der Waals surface area contributed by atoms with Gasteiger partial charge in [-0.25, -0.2) is 0 Å². The molecule has 0 aromatic heterocycles. The van der Waals surface area contributed by atoms with Crippen LogP contribution in [0.1, 0.15) is 18.4 Å². The number of rotatable bonds is 6. The van der Waals surface area contributed by atoms with Crippen LogP contribution in [0.15, 0.2) is 24.3 Å². The fraction of sp³-hybridized carbons (Fsp3) is 0.462. The zero-order valence-electron chi connectivity index (χ0n) is 10.8. The van der Waals surface area contributed by atoms with Gasteiger partial charge in [-0.2, -0.15) is 0 Å². The minimum atomic E-state index is -0.413. The number of carbonyl (C=O) groups excluding carboxylic acids is 1. The maximum atomic E-state index is 11.6. The fourth-order valence-electron chi connectivity index (χ4n) is 1.88. The molecule has 2 rings (SSSR count). The molecule has 6 heteroatoms. The lowest BCUT2D eigenvalue weighted by Gasteiger charge is -2.16. The smallest absolute Gasteiger partial charge is 0.269 e. The largest absolute Gasteiger partial charge is 0.352 e. The van der Waals surface area contributed by atoms with Gasteiger partial charge in [-0.3, -0.25) is 19.8 Å². The maximum Gasteiger partial charge on any atom is 0.269 e. The average molecular weight is 263 g/mol. The van der Waals surface area contributed by atoms with E-state index < -0.39 is 4.92 Å². The van der Waals surface area contributed by atoms with E-state index in [1.165, 1.54) is 12.1 Å². The lowest BCUT2D eigenvalue weighted by Crippen LogP contribution is -2.35. The Labute approximate surface area is 111 Å². The molecule has 19 heavy (non-hydrogen) atoms. The summed E-state index contributed by atoms with van der Waals surface area (Å²) >= 11 is 0. The van der Waals surface area contributed by atoms with Gasteiger partial charge in [-0.1, -0.05) is 12.1 Å². The third-order valence-electron chi connectivity index (χ3n) is 2.93. The van der Waals surface area contributed by atoms with Gasteiger partial charge in [-0.05, 0) is 25.5 Å². The second kappa shape index (κ2) is 5.79. The van der Waals surface area contributed by atoms with Gasteiger partial charge in [0.05, 0.1) is 11.5 Å². The van der Waals surface area contributed by atoms with Gasteiger partial charge in [0.2, 0.25) is 5.91 Å². The van der Waals surface area contributed by atoms with E-state index in [-0.39, 0.29) is 11.6 Å². The number of nitro benzene ring substituents is 1. The Morgan fingerprint density at radius 3 is 2.89 bits per heavy atom. The molecule has 1 aromatic rings. The average Bonchev–Trinajstić information content (AvgIpc) is 3.12. The molecule has 1 aliphatic carbocycles. The third-order valence-corrected chi connectivity index (χ3v) is 2.93. The van der Waals surface area contributed by atoms with Crippen LogP contribution in [-0.4, -0.2) is 35.4 Å². The molecule has 1 saturated carbocycles. The summed E-state index contributed by atoms with van der Waals surface area (Å²) in [5, 5.41) is 13.6. The molecule has 1 fully saturated rings. The summed E-state index contributed by atoms with van der Waals surface area (Å²) in [6.45, 7) is 0.818. The summed E-state index contributed by atoms with van der Waals surface area (Å²) in [7, 11) is 1.82. The zero-order valence-corrected chi connectivity index (χ0v) is 10.8.